The number of hydrogen-bond acceptors (Lipinski definition) is 2. The highest BCUT2D eigenvalue weighted by Crippen LogP contribution is 2.36. The fraction of sp³-hybridized carbons (Fsp3) is 0.176. The van der Waals surface area contributed by atoms with Crippen molar-refractivity contribution in [2.45, 2.75) is 18.9 Å². The van der Waals surface area contributed by atoms with Crippen LogP contribution in [-0.4, -0.2) is 15.3 Å². The molecule has 0 saturated carbocycles. The molecule has 110 valence electrons. The highest BCUT2D eigenvalue weighted by Gasteiger charge is 2.33. The Hall–Kier alpha value is -2.69. The van der Waals surface area contributed by atoms with Crippen LogP contribution >= 0.6 is 0 Å². The van der Waals surface area contributed by atoms with Crippen LogP contribution in [0.1, 0.15) is 24.4 Å². The molecule has 2 aromatic heterocycles. The second-order valence-electron chi connectivity index (χ2n) is 5.45. The van der Waals surface area contributed by atoms with Gasteiger partial charge < -0.3 is 9.30 Å². The molecule has 0 bridgehead atoms. The van der Waals surface area contributed by atoms with E-state index >= 15 is 0 Å². The lowest BCUT2D eigenvalue weighted by molar-refractivity contribution is -0.117. The summed E-state index contributed by atoms with van der Waals surface area (Å²) in [7, 11) is 0. The van der Waals surface area contributed by atoms with Crippen LogP contribution in [0.15, 0.2) is 55.0 Å². The van der Waals surface area contributed by atoms with Gasteiger partial charge in [0.05, 0.1) is 11.7 Å². The van der Waals surface area contributed by atoms with Crippen LogP contribution in [0.5, 0.6) is 0 Å². The van der Waals surface area contributed by atoms with Gasteiger partial charge in [0.1, 0.15) is 11.5 Å². The quantitative estimate of drug-likeness (QED) is 0.727. The van der Waals surface area contributed by atoms with Gasteiger partial charge in [-0.3, -0.25) is 4.79 Å². The number of pyridine rings is 1. The van der Waals surface area contributed by atoms with E-state index in [0.717, 1.165) is 23.3 Å². The summed E-state index contributed by atoms with van der Waals surface area (Å²) in [5.74, 6) is -0.173. The van der Waals surface area contributed by atoms with E-state index in [1.165, 1.54) is 12.1 Å². The number of imidazole rings is 1. The van der Waals surface area contributed by atoms with E-state index in [4.69, 9.17) is 0 Å². The lowest BCUT2D eigenvalue weighted by Gasteiger charge is -2.25. The average molecular weight is 295 g/mol. The SMILES string of the molecule is O=C1CCC(c2ccc(F)cc2)N1c1ccc2nccn2c1. The third-order valence-corrected chi connectivity index (χ3v) is 4.12. The molecule has 0 N–H and O–H groups in total. The highest BCUT2D eigenvalue weighted by molar-refractivity contribution is 5.96. The number of carbonyl (C=O) groups is 1. The molecule has 1 atom stereocenters. The zero-order valence-corrected chi connectivity index (χ0v) is 11.8. The smallest absolute Gasteiger partial charge is 0.227 e. The number of fused-ring (bicyclic) bond motifs is 1. The Morgan fingerprint density at radius 3 is 2.77 bits per heavy atom. The van der Waals surface area contributed by atoms with Crippen LogP contribution in [0, 0.1) is 5.82 Å². The van der Waals surface area contributed by atoms with Crippen LogP contribution in [0.4, 0.5) is 10.1 Å². The number of halogens is 1. The maximum Gasteiger partial charge on any atom is 0.227 e. The molecule has 1 fully saturated rings. The fourth-order valence-corrected chi connectivity index (χ4v) is 3.06. The topological polar surface area (TPSA) is 37.6 Å². The van der Waals surface area contributed by atoms with Gasteiger partial charge in [-0.05, 0) is 36.2 Å². The highest BCUT2D eigenvalue weighted by atomic mass is 19.1. The van der Waals surface area contributed by atoms with Gasteiger partial charge >= 0.3 is 0 Å². The van der Waals surface area contributed by atoms with Crippen molar-refractivity contribution in [1.29, 1.82) is 0 Å². The van der Waals surface area contributed by atoms with Gasteiger partial charge in [0.2, 0.25) is 5.91 Å². The first-order chi connectivity index (χ1) is 10.7. The summed E-state index contributed by atoms with van der Waals surface area (Å²) < 4.78 is 15.0. The van der Waals surface area contributed by atoms with E-state index in [9.17, 15) is 9.18 Å². The van der Waals surface area contributed by atoms with E-state index < -0.39 is 0 Å². The molecule has 1 amide bonds. The molecule has 1 unspecified atom stereocenters. The number of benzene rings is 1. The number of amides is 1. The van der Waals surface area contributed by atoms with Crippen LogP contribution in [0.3, 0.4) is 0 Å². The number of aromatic nitrogens is 2. The molecule has 1 aliphatic heterocycles. The van der Waals surface area contributed by atoms with E-state index in [0.29, 0.717) is 6.42 Å². The van der Waals surface area contributed by atoms with E-state index in [-0.39, 0.29) is 17.8 Å². The lowest BCUT2D eigenvalue weighted by atomic mass is 10.0. The Kier molecular flexibility index (Phi) is 2.92. The number of anilines is 1. The first kappa shape index (κ1) is 13.0. The number of rotatable bonds is 2. The van der Waals surface area contributed by atoms with Crippen LogP contribution in [-0.2, 0) is 4.79 Å². The van der Waals surface area contributed by atoms with Gasteiger partial charge in [-0.15, -0.1) is 0 Å². The molecule has 5 heteroatoms. The van der Waals surface area contributed by atoms with E-state index in [2.05, 4.69) is 4.98 Å². The molecular formula is C17H14FN3O. The lowest BCUT2D eigenvalue weighted by Crippen LogP contribution is -2.27. The minimum absolute atomic E-state index is 0.0472. The summed E-state index contributed by atoms with van der Waals surface area (Å²) in [6, 6.07) is 10.1. The van der Waals surface area contributed by atoms with Crippen LogP contribution in [0.2, 0.25) is 0 Å². The predicted molar refractivity (Wildman–Crippen MR) is 81.1 cm³/mol. The average Bonchev–Trinajstić information content (AvgIpc) is 3.13. The second kappa shape index (κ2) is 4.94. The minimum atomic E-state index is -0.264. The van der Waals surface area contributed by atoms with Gasteiger partial charge in [-0.25, -0.2) is 9.37 Å². The minimum Gasteiger partial charge on any atom is -0.305 e. The third kappa shape index (κ3) is 2.06. The number of hydrogen-bond donors (Lipinski definition) is 0. The van der Waals surface area contributed by atoms with Crippen molar-refractivity contribution in [3.63, 3.8) is 0 Å². The largest absolute Gasteiger partial charge is 0.305 e. The van der Waals surface area contributed by atoms with Gasteiger partial charge in [-0.1, -0.05) is 12.1 Å². The first-order valence-corrected chi connectivity index (χ1v) is 7.22. The fourth-order valence-electron chi connectivity index (χ4n) is 3.06. The zero-order chi connectivity index (χ0) is 15.1. The summed E-state index contributed by atoms with van der Waals surface area (Å²) in [4.78, 5) is 18.3. The Morgan fingerprint density at radius 1 is 1.14 bits per heavy atom. The Balaban J connectivity index is 1.76. The summed E-state index contributed by atoms with van der Waals surface area (Å²) in [5.41, 5.74) is 2.63. The van der Waals surface area contributed by atoms with Crippen molar-refractivity contribution < 1.29 is 9.18 Å². The van der Waals surface area contributed by atoms with Crippen LogP contribution in [0.25, 0.3) is 5.65 Å². The zero-order valence-electron chi connectivity index (χ0n) is 11.8. The first-order valence-electron chi connectivity index (χ1n) is 7.22. The molecule has 1 aliphatic rings. The molecule has 0 spiro atoms. The van der Waals surface area contributed by atoms with Crippen molar-refractivity contribution in [1.82, 2.24) is 9.38 Å². The Labute approximate surface area is 126 Å². The molecule has 3 aromatic rings. The predicted octanol–water partition coefficient (Wildman–Crippen LogP) is 3.34. The summed E-state index contributed by atoms with van der Waals surface area (Å²) in [6.07, 6.45) is 6.73. The van der Waals surface area contributed by atoms with Crippen molar-refractivity contribution in [3.05, 3.63) is 66.4 Å². The summed E-state index contributed by atoms with van der Waals surface area (Å²) in [6.45, 7) is 0. The standard InChI is InChI=1S/C17H14FN3O/c18-13-3-1-12(2-4-13)15-6-8-17(22)21(15)14-5-7-16-19-9-10-20(16)11-14/h1-5,7,9-11,15H,6,8H2. The van der Waals surface area contributed by atoms with Crippen molar-refractivity contribution in [3.8, 4) is 0 Å². The Morgan fingerprint density at radius 2 is 1.95 bits per heavy atom. The molecular weight excluding hydrogens is 281 g/mol. The van der Waals surface area contributed by atoms with Gasteiger partial charge in [0.15, 0.2) is 0 Å². The maximum atomic E-state index is 13.1. The molecule has 1 saturated heterocycles. The normalized spacial score (nSPS) is 18.3. The Bertz CT molecular complexity index is 840. The maximum absolute atomic E-state index is 13.1. The molecule has 3 heterocycles. The molecule has 0 radical (unpaired) electrons. The molecule has 4 nitrogen and oxygen atoms in total. The monoisotopic (exact) mass is 295 g/mol. The van der Waals surface area contributed by atoms with Crippen molar-refractivity contribution in [2.24, 2.45) is 0 Å². The van der Waals surface area contributed by atoms with E-state index in [1.54, 1.807) is 23.2 Å². The van der Waals surface area contributed by atoms with Gasteiger partial charge in [-0.2, -0.15) is 0 Å². The molecule has 22 heavy (non-hydrogen) atoms. The number of carbonyl (C=O) groups excluding carboxylic acids is 1. The van der Waals surface area contributed by atoms with Gasteiger partial charge in [0.25, 0.3) is 0 Å². The van der Waals surface area contributed by atoms with Crippen LogP contribution < -0.4 is 4.90 Å². The third-order valence-electron chi connectivity index (χ3n) is 4.12. The summed E-state index contributed by atoms with van der Waals surface area (Å²) >= 11 is 0. The van der Waals surface area contributed by atoms with Crippen molar-refractivity contribution >= 4 is 17.2 Å². The van der Waals surface area contributed by atoms with E-state index in [1.807, 2.05) is 28.9 Å². The van der Waals surface area contributed by atoms with Gasteiger partial charge in [0, 0.05) is 25.0 Å². The molecule has 0 aliphatic carbocycles. The summed E-state index contributed by atoms with van der Waals surface area (Å²) in [5, 5.41) is 0. The number of nitrogens with zero attached hydrogens (tertiary/aromatic N) is 3. The molecule has 4 rings (SSSR count). The second-order valence-corrected chi connectivity index (χ2v) is 5.45. The molecule has 1 aromatic carbocycles. The van der Waals surface area contributed by atoms with Crippen molar-refractivity contribution in [2.75, 3.05) is 4.90 Å².